The number of hydrogen-bond donors (Lipinski definition) is 1. The zero-order chi connectivity index (χ0) is 13.7. The van der Waals surface area contributed by atoms with Gasteiger partial charge in [0.1, 0.15) is 16.2 Å². The Hall–Kier alpha value is -0.680. The molecule has 0 radical (unpaired) electrons. The highest BCUT2D eigenvalue weighted by molar-refractivity contribution is 9.10. The number of nitrogens with zero attached hydrogens (tertiary/aromatic N) is 2. The molecule has 0 spiro atoms. The largest absolute Gasteiger partial charge is 0.381 e. The average Bonchev–Trinajstić information content (AvgIpc) is 2.39. The van der Waals surface area contributed by atoms with Crippen LogP contribution in [0.15, 0.2) is 10.7 Å². The van der Waals surface area contributed by atoms with Crippen LogP contribution < -0.4 is 5.32 Å². The minimum Gasteiger partial charge on any atom is -0.381 e. The monoisotopic (exact) mass is 327 g/mol. The standard InChI is InChI=1S/C14H22BrN3O/c1-3-4-13-17-12(15)9-14(18-13)16-10(2)11-5-7-19-8-6-11/h9-11H,3-8H2,1-2H3,(H,16,17,18). The Morgan fingerprint density at radius 2 is 2.16 bits per heavy atom. The summed E-state index contributed by atoms with van der Waals surface area (Å²) in [6.07, 6.45) is 4.23. The van der Waals surface area contributed by atoms with Crippen molar-refractivity contribution in [2.45, 2.75) is 45.6 Å². The summed E-state index contributed by atoms with van der Waals surface area (Å²) in [6, 6.07) is 2.37. The lowest BCUT2D eigenvalue weighted by Crippen LogP contribution is -2.31. The number of ether oxygens (including phenoxy) is 1. The van der Waals surface area contributed by atoms with Crippen molar-refractivity contribution in [1.29, 1.82) is 0 Å². The molecule has 19 heavy (non-hydrogen) atoms. The summed E-state index contributed by atoms with van der Waals surface area (Å²) in [5.74, 6) is 2.49. The SMILES string of the molecule is CCCc1nc(Br)cc(NC(C)C2CCOCC2)n1. The van der Waals surface area contributed by atoms with Crippen LogP contribution in [0.4, 0.5) is 5.82 Å². The summed E-state index contributed by atoms with van der Waals surface area (Å²) in [5, 5.41) is 3.51. The van der Waals surface area contributed by atoms with Crippen LogP contribution in [0.1, 0.15) is 38.9 Å². The third kappa shape index (κ3) is 4.42. The quantitative estimate of drug-likeness (QED) is 0.842. The summed E-state index contributed by atoms with van der Waals surface area (Å²) in [6.45, 7) is 6.13. The molecule has 0 amide bonds. The second-order valence-electron chi connectivity index (χ2n) is 5.12. The number of nitrogens with one attached hydrogen (secondary N) is 1. The van der Waals surface area contributed by atoms with Crippen molar-refractivity contribution in [2.24, 2.45) is 5.92 Å². The molecule has 1 aromatic heterocycles. The van der Waals surface area contributed by atoms with Gasteiger partial charge in [-0.2, -0.15) is 0 Å². The predicted octanol–water partition coefficient (Wildman–Crippen LogP) is 3.42. The molecule has 5 heteroatoms. The zero-order valence-electron chi connectivity index (χ0n) is 11.7. The molecule has 0 saturated carbocycles. The highest BCUT2D eigenvalue weighted by Crippen LogP contribution is 2.22. The van der Waals surface area contributed by atoms with Gasteiger partial charge in [0.05, 0.1) is 0 Å². The predicted molar refractivity (Wildman–Crippen MR) is 80.4 cm³/mol. The second-order valence-corrected chi connectivity index (χ2v) is 5.94. The lowest BCUT2D eigenvalue weighted by molar-refractivity contribution is 0.0622. The first-order chi connectivity index (χ1) is 9.19. The van der Waals surface area contributed by atoms with Gasteiger partial charge in [-0.1, -0.05) is 6.92 Å². The van der Waals surface area contributed by atoms with E-state index in [0.717, 1.165) is 55.1 Å². The number of hydrogen-bond acceptors (Lipinski definition) is 4. The van der Waals surface area contributed by atoms with Crippen LogP contribution in [0.3, 0.4) is 0 Å². The third-order valence-corrected chi connectivity index (χ3v) is 3.97. The Labute approximate surface area is 123 Å². The molecular formula is C14H22BrN3O. The van der Waals surface area contributed by atoms with Crippen molar-refractivity contribution in [1.82, 2.24) is 9.97 Å². The molecule has 0 aliphatic carbocycles. The maximum atomic E-state index is 5.41. The Bertz CT molecular complexity index is 408. The Kier molecular flexibility index (Phi) is 5.58. The van der Waals surface area contributed by atoms with Gasteiger partial charge in [-0.15, -0.1) is 0 Å². The average molecular weight is 328 g/mol. The van der Waals surface area contributed by atoms with Crippen LogP contribution in [0.25, 0.3) is 0 Å². The van der Waals surface area contributed by atoms with Crippen molar-refractivity contribution in [3.8, 4) is 0 Å². The van der Waals surface area contributed by atoms with E-state index in [2.05, 4.69) is 45.1 Å². The van der Waals surface area contributed by atoms with Crippen LogP contribution in [-0.4, -0.2) is 29.2 Å². The van der Waals surface area contributed by atoms with Crippen molar-refractivity contribution in [2.75, 3.05) is 18.5 Å². The summed E-state index contributed by atoms with van der Waals surface area (Å²) >= 11 is 3.46. The molecule has 1 saturated heterocycles. The molecule has 1 aromatic rings. The van der Waals surface area contributed by atoms with E-state index < -0.39 is 0 Å². The number of halogens is 1. The minimum absolute atomic E-state index is 0.417. The molecule has 0 bridgehead atoms. The number of aromatic nitrogens is 2. The van der Waals surface area contributed by atoms with Gasteiger partial charge in [0.15, 0.2) is 0 Å². The molecule has 2 rings (SSSR count). The van der Waals surface area contributed by atoms with Gasteiger partial charge in [0, 0.05) is 31.7 Å². The molecule has 1 aliphatic rings. The molecule has 1 N–H and O–H groups in total. The Balaban J connectivity index is 2.00. The first-order valence-corrected chi connectivity index (χ1v) is 7.86. The van der Waals surface area contributed by atoms with Gasteiger partial charge in [0.2, 0.25) is 0 Å². The number of aryl methyl sites for hydroxylation is 1. The molecule has 106 valence electrons. The molecule has 1 fully saturated rings. The van der Waals surface area contributed by atoms with Crippen LogP contribution in [0, 0.1) is 5.92 Å². The van der Waals surface area contributed by atoms with Gasteiger partial charge in [-0.05, 0) is 48.0 Å². The van der Waals surface area contributed by atoms with Crippen LogP contribution in [0.2, 0.25) is 0 Å². The molecular weight excluding hydrogens is 306 g/mol. The van der Waals surface area contributed by atoms with E-state index in [1.165, 1.54) is 0 Å². The van der Waals surface area contributed by atoms with E-state index in [-0.39, 0.29) is 0 Å². The van der Waals surface area contributed by atoms with Crippen LogP contribution in [0.5, 0.6) is 0 Å². The first kappa shape index (κ1) is 14.7. The highest BCUT2D eigenvalue weighted by atomic mass is 79.9. The number of rotatable bonds is 5. The molecule has 0 aromatic carbocycles. The summed E-state index contributed by atoms with van der Waals surface area (Å²) in [4.78, 5) is 8.96. The summed E-state index contributed by atoms with van der Waals surface area (Å²) in [5.41, 5.74) is 0. The van der Waals surface area contributed by atoms with Gasteiger partial charge >= 0.3 is 0 Å². The Morgan fingerprint density at radius 3 is 2.84 bits per heavy atom. The first-order valence-electron chi connectivity index (χ1n) is 7.06. The van der Waals surface area contributed by atoms with Crippen LogP contribution in [-0.2, 0) is 11.2 Å². The van der Waals surface area contributed by atoms with Crippen LogP contribution >= 0.6 is 15.9 Å². The molecule has 1 aliphatic heterocycles. The fraction of sp³-hybridized carbons (Fsp3) is 0.714. The maximum Gasteiger partial charge on any atom is 0.132 e. The molecule has 2 heterocycles. The molecule has 4 nitrogen and oxygen atoms in total. The van der Waals surface area contributed by atoms with Crippen molar-refractivity contribution < 1.29 is 4.74 Å². The number of anilines is 1. The summed E-state index contributed by atoms with van der Waals surface area (Å²) < 4.78 is 6.26. The van der Waals surface area contributed by atoms with Gasteiger partial charge in [-0.3, -0.25) is 0 Å². The third-order valence-electron chi connectivity index (χ3n) is 3.56. The van der Waals surface area contributed by atoms with Crippen molar-refractivity contribution in [3.63, 3.8) is 0 Å². The topological polar surface area (TPSA) is 47.0 Å². The van der Waals surface area contributed by atoms with E-state index in [4.69, 9.17) is 4.74 Å². The van der Waals surface area contributed by atoms with E-state index in [9.17, 15) is 0 Å². The molecule has 1 atom stereocenters. The van der Waals surface area contributed by atoms with E-state index in [0.29, 0.717) is 12.0 Å². The summed E-state index contributed by atoms with van der Waals surface area (Å²) in [7, 11) is 0. The lowest BCUT2D eigenvalue weighted by Gasteiger charge is -2.28. The second kappa shape index (κ2) is 7.20. The lowest BCUT2D eigenvalue weighted by atomic mass is 9.93. The van der Waals surface area contributed by atoms with Crippen molar-refractivity contribution in [3.05, 3.63) is 16.5 Å². The van der Waals surface area contributed by atoms with Gasteiger partial charge < -0.3 is 10.1 Å². The van der Waals surface area contributed by atoms with E-state index in [1.807, 2.05) is 6.07 Å². The van der Waals surface area contributed by atoms with Gasteiger partial charge in [0.25, 0.3) is 0 Å². The maximum absolute atomic E-state index is 5.41. The fourth-order valence-electron chi connectivity index (χ4n) is 2.44. The van der Waals surface area contributed by atoms with Gasteiger partial charge in [-0.25, -0.2) is 9.97 Å². The van der Waals surface area contributed by atoms with E-state index in [1.54, 1.807) is 0 Å². The normalized spacial score (nSPS) is 18.3. The van der Waals surface area contributed by atoms with Crippen molar-refractivity contribution >= 4 is 21.7 Å². The fourth-order valence-corrected chi connectivity index (χ4v) is 2.86. The molecule has 1 unspecified atom stereocenters. The smallest absolute Gasteiger partial charge is 0.132 e. The van der Waals surface area contributed by atoms with E-state index >= 15 is 0 Å². The minimum atomic E-state index is 0.417. The highest BCUT2D eigenvalue weighted by Gasteiger charge is 2.20. The zero-order valence-corrected chi connectivity index (χ0v) is 13.2. The Morgan fingerprint density at radius 1 is 1.42 bits per heavy atom.